The maximum Gasteiger partial charge on any atom is 0.417 e. The van der Waals surface area contributed by atoms with Crippen LogP contribution in [0.25, 0.3) is 11.1 Å². The third-order valence-electron chi connectivity index (χ3n) is 6.50. The zero-order chi connectivity index (χ0) is 25.6. The Labute approximate surface area is 199 Å². The lowest BCUT2D eigenvalue weighted by atomic mass is 10.0. The lowest BCUT2D eigenvalue weighted by molar-refractivity contribution is -0.139. The van der Waals surface area contributed by atoms with Gasteiger partial charge < -0.3 is 10.1 Å². The first-order valence-electron chi connectivity index (χ1n) is 10.7. The van der Waals surface area contributed by atoms with Gasteiger partial charge in [0, 0.05) is 18.9 Å². The summed E-state index contributed by atoms with van der Waals surface area (Å²) in [6.07, 6.45) is -3.26. The Morgan fingerprint density at radius 2 is 1.91 bits per heavy atom. The number of amides is 1. The van der Waals surface area contributed by atoms with E-state index >= 15 is 0 Å². The van der Waals surface area contributed by atoms with Crippen LogP contribution in [-0.2, 0) is 25.5 Å². The van der Waals surface area contributed by atoms with Gasteiger partial charge in [-0.1, -0.05) is 6.07 Å². The number of rotatable bonds is 6. The summed E-state index contributed by atoms with van der Waals surface area (Å²) in [5.74, 6) is -2.24. The normalized spacial score (nSPS) is 23.5. The molecule has 4 rings (SSSR count). The number of nitrogens with one attached hydrogen (secondary N) is 1. The third-order valence-corrected chi connectivity index (χ3v) is 8.73. The van der Waals surface area contributed by atoms with Crippen molar-refractivity contribution in [2.75, 3.05) is 7.11 Å². The fourth-order valence-electron chi connectivity index (χ4n) is 4.39. The van der Waals surface area contributed by atoms with Crippen molar-refractivity contribution in [1.82, 2.24) is 10.3 Å². The average Bonchev–Trinajstić information content (AvgIpc) is 3.43. The zero-order valence-electron chi connectivity index (χ0n) is 18.5. The van der Waals surface area contributed by atoms with Crippen LogP contribution < -0.4 is 5.32 Å². The maximum atomic E-state index is 13.9. The van der Waals surface area contributed by atoms with Crippen molar-refractivity contribution in [3.8, 4) is 17.2 Å². The van der Waals surface area contributed by atoms with Crippen molar-refractivity contribution >= 4 is 15.7 Å². The molecule has 1 heterocycles. The number of nitrogens with zero attached hydrogens (tertiary/aromatic N) is 2. The van der Waals surface area contributed by atoms with E-state index in [4.69, 9.17) is 4.74 Å². The quantitative estimate of drug-likeness (QED) is 0.593. The van der Waals surface area contributed by atoms with Crippen LogP contribution in [0, 0.1) is 23.1 Å². The Morgan fingerprint density at radius 3 is 2.49 bits per heavy atom. The molecule has 2 aliphatic rings. The number of hydrogen-bond acceptors (Lipinski definition) is 6. The third kappa shape index (κ3) is 4.88. The van der Waals surface area contributed by atoms with E-state index in [0.717, 1.165) is 24.4 Å². The molecule has 3 unspecified atom stereocenters. The highest BCUT2D eigenvalue weighted by atomic mass is 32.2. The van der Waals surface area contributed by atoms with Crippen molar-refractivity contribution < 1.29 is 35.5 Å². The van der Waals surface area contributed by atoms with Crippen LogP contribution >= 0.6 is 0 Å². The Hall–Kier alpha value is -3.04. The van der Waals surface area contributed by atoms with Crippen molar-refractivity contribution in [3.63, 3.8) is 0 Å². The summed E-state index contributed by atoms with van der Waals surface area (Å²) in [6.45, 7) is 0. The number of hydrogen-bond donors (Lipinski definition) is 1. The molecular weight excluding hydrogens is 490 g/mol. The molecule has 2 aromatic rings. The van der Waals surface area contributed by atoms with Gasteiger partial charge >= 0.3 is 6.18 Å². The molecule has 186 valence electrons. The summed E-state index contributed by atoms with van der Waals surface area (Å²) in [4.78, 5) is 15.4. The number of carbonyl (C=O) groups excluding carboxylic acids is 1. The van der Waals surface area contributed by atoms with E-state index in [-0.39, 0.29) is 24.0 Å². The van der Waals surface area contributed by atoms with Crippen LogP contribution in [0.4, 0.5) is 17.6 Å². The standard InChI is InChI=1S/C23H21F4N3O4S/c1-34-19-9-16(8-17(19)21(31)30-22(12-28)4-5-22)35(32,33)20-3-2-13(7-18(20)23(25,26)27)14-6-15(24)11-29-10-14/h2-3,6-7,10-11,16-17,19H,4-5,8-9H2,1H3,(H,30,31). The summed E-state index contributed by atoms with van der Waals surface area (Å²) in [7, 11) is -3.25. The van der Waals surface area contributed by atoms with Gasteiger partial charge in [-0.15, -0.1) is 0 Å². The molecule has 1 aromatic carbocycles. The molecule has 0 spiro atoms. The number of nitriles is 1. The van der Waals surface area contributed by atoms with Gasteiger partial charge in [-0.2, -0.15) is 18.4 Å². The summed E-state index contributed by atoms with van der Waals surface area (Å²) < 4.78 is 87.4. The molecule has 7 nitrogen and oxygen atoms in total. The van der Waals surface area contributed by atoms with E-state index < -0.39 is 61.0 Å². The highest BCUT2D eigenvalue weighted by molar-refractivity contribution is 7.92. The number of carbonyl (C=O) groups is 1. The number of aromatic nitrogens is 1. The van der Waals surface area contributed by atoms with Gasteiger partial charge in [-0.05, 0) is 49.4 Å². The van der Waals surface area contributed by atoms with Gasteiger partial charge in [0.15, 0.2) is 9.84 Å². The molecule has 0 radical (unpaired) electrons. The predicted molar refractivity (Wildman–Crippen MR) is 115 cm³/mol. The monoisotopic (exact) mass is 511 g/mol. The Kier molecular flexibility index (Phi) is 6.36. The van der Waals surface area contributed by atoms with Gasteiger partial charge in [0.1, 0.15) is 11.4 Å². The summed E-state index contributed by atoms with van der Waals surface area (Å²) in [5.41, 5.74) is -2.35. The van der Waals surface area contributed by atoms with E-state index in [2.05, 4.69) is 10.3 Å². The lowest BCUT2D eigenvalue weighted by Crippen LogP contribution is -2.42. The van der Waals surface area contributed by atoms with Crippen LogP contribution in [0.2, 0.25) is 0 Å². The number of halogens is 4. The highest BCUT2D eigenvalue weighted by Gasteiger charge is 2.51. The summed E-state index contributed by atoms with van der Waals surface area (Å²) >= 11 is 0. The number of ether oxygens (including phenoxy) is 1. The van der Waals surface area contributed by atoms with Crippen LogP contribution in [0.3, 0.4) is 0 Å². The number of pyridine rings is 1. The van der Waals surface area contributed by atoms with E-state index in [1.54, 1.807) is 0 Å². The van der Waals surface area contributed by atoms with E-state index in [0.29, 0.717) is 18.9 Å². The molecule has 2 fully saturated rings. The SMILES string of the molecule is COC1CC(S(=O)(=O)c2ccc(-c3cncc(F)c3)cc2C(F)(F)F)CC1C(=O)NC1(C#N)CC1. The van der Waals surface area contributed by atoms with Crippen LogP contribution in [0.15, 0.2) is 41.6 Å². The van der Waals surface area contributed by atoms with Crippen molar-refractivity contribution in [2.45, 2.75) is 53.6 Å². The lowest BCUT2D eigenvalue weighted by Gasteiger charge is -2.19. The predicted octanol–water partition coefficient (Wildman–Crippen LogP) is 3.65. The van der Waals surface area contributed by atoms with E-state index in [1.807, 2.05) is 6.07 Å². The van der Waals surface area contributed by atoms with Gasteiger partial charge in [0.05, 0.1) is 40.0 Å². The van der Waals surface area contributed by atoms with Gasteiger partial charge in [-0.3, -0.25) is 9.78 Å². The molecule has 3 atom stereocenters. The molecule has 12 heteroatoms. The molecule has 0 aliphatic heterocycles. The van der Waals surface area contributed by atoms with Gasteiger partial charge in [0.25, 0.3) is 0 Å². The fourth-order valence-corrected chi connectivity index (χ4v) is 6.39. The first kappa shape index (κ1) is 25.1. The maximum absolute atomic E-state index is 13.9. The largest absolute Gasteiger partial charge is 0.417 e. The number of alkyl halides is 3. The minimum Gasteiger partial charge on any atom is -0.381 e. The molecule has 0 saturated heterocycles. The first-order chi connectivity index (χ1) is 16.4. The van der Waals surface area contributed by atoms with Crippen LogP contribution in [0.1, 0.15) is 31.2 Å². The smallest absolute Gasteiger partial charge is 0.381 e. The number of sulfone groups is 1. The van der Waals surface area contributed by atoms with Gasteiger partial charge in [0.2, 0.25) is 5.91 Å². The van der Waals surface area contributed by atoms with Crippen LogP contribution in [-0.4, -0.2) is 43.3 Å². The average molecular weight is 511 g/mol. The second kappa shape index (κ2) is 8.87. The van der Waals surface area contributed by atoms with E-state index in [9.17, 15) is 36.0 Å². The topological polar surface area (TPSA) is 109 Å². The minimum atomic E-state index is -5.01. The minimum absolute atomic E-state index is 0.0482. The van der Waals surface area contributed by atoms with E-state index in [1.165, 1.54) is 13.3 Å². The Bertz CT molecular complexity index is 1300. The second-order valence-corrected chi connectivity index (χ2v) is 11.0. The fraction of sp³-hybridized carbons (Fsp3) is 0.435. The molecule has 2 saturated carbocycles. The Morgan fingerprint density at radius 1 is 1.20 bits per heavy atom. The molecule has 0 bridgehead atoms. The highest BCUT2D eigenvalue weighted by Crippen LogP contribution is 2.43. The van der Waals surface area contributed by atoms with Crippen molar-refractivity contribution in [1.29, 1.82) is 5.26 Å². The summed E-state index contributed by atoms with van der Waals surface area (Å²) in [6, 6.07) is 5.67. The second-order valence-electron chi connectivity index (χ2n) is 8.80. The molecule has 1 amide bonds. The summed E-state index contributed by atoms with van der Waals surface area (Å²) in [5, 5.41) is 10.5. The van der Waals surface area contributed by atoms with Crippen molar-refractivity contribution in [2.24, 2.45) is 5.92 Å². The molecule has 1 aromatic heterocycles. The zero-order valence-corrected chi connectivity index (χ0v) is 19.3. The molecule has 35 heavy (non-hydrogen) atoms. The Balaban J connectivity index is 1.67. The first-order valence-corrected chi connectivity index (χ1v) is 12.3. The van der Waals surface area contributed by atoms with Gasteiger partial charge in [-0.25, -0.2) is 12.8 Å². The molecular formula is C23H21F4N3O4S. The van der Waals surface area contributed by atoms with Crippen LogP contribution in [0.5, 0.6) is 0 Å². The van der Waals surface area contributed by atoms with Crippen molar-refractivity contribution in [3.05, 3.63) is 48.0 Å². The molecule has 2 aliphatic carbocycles. The molecule has 1 N–H and O–H groups in total. The number of methoxy groups -OCH3 is 1. The number of benzene rings is 1.